The van der Waals surface area contributed by atoms with Gasteiger partial charge in [0.15, 0.2) is 0 Å². The van der Waals surface area contributed by atoms with Crippen LogP contribution >= 0.6 is 0 Å². The fourth-order valence-electron chi connectivity index (χ4n) is 1.32. The molecule has 0 unspecified atom stereocenters. The monoisotopic (exact) mass is 247 g/mol. The summed E-state index contributed by atoms with van der Waals surface area (Å²) in [6.07, 6.45) is 3.95. The molecule has 2 N–H and O–H groups in total. The van der Waals surface area contributed by atoms with Gasteiger partial charge in [-0.1, -0.05) is 5.16 Å². The lowest BCUT2D eigenvalue weighted by Crippen LogP contribution is -2.13. The van der Waals surface area contributed by atoms with Crippen molar-refractivity contribution in [3.63, 3.8) is 0 Å². The van der Waals surface area contributed by atoms with Crippen molar-refractivity contribution in [2.75, 3.05) is 5.32 Å². The van der Waals surface area contributed by atoms with Gasteiger partial charge in [-0.25, -0.2) is 4.79 Å². The van der Waals surface area contributed by atoms with Crippen molar-refractivity contribution < 1.29 is 19.2 Å². The fourth-order valence-corrected chi connectivity index (χ4v) is 1.32. The number of carboxylic acids is 1. The maximum Gasteiger partial charge on any atom is 0.337 e. The highest BCUT2D eigenvalue weighted by atomic mass is 16.5. The molecule has 2 rings (SSSR count). The van der Waals surface area contributed by atoms with Gasteiger partial charge >= 0.3 is 5.97 Å². The Morgan fingerprint density at radius 1 is 1.33 bits per heavy atom. The van der Waals surface area contributed by atoms with E-state index in [0.717, 1.165) is 0 Å². The molecule has 2 aromatic heterocycles. The Morgan fingerprint density at radius 2 is 2.11 bits per heavy atom. The van der Waals surface area contributed by atoms with E-state index in [1.54, 1.807) is 6.92 Å². The molecule has 0 radical (unpaired) electrons. The summed E-state index contributed by atoms with van der Waals surface area (Å²) < 4.78 is 4.78. The topological polar surface area (TPSA) is 105 Å². The van der Waals surface area contributed by atoms with E-state index in [0.29, 0.717) is 5.56 Å². The highest BCUT2D eigenvalue weighted by Crippen LogP contribution is 2.12. The predicted molar refractivity (Wildman–Crippen MR) is 60.4 cm³/mol. The summed E-state index contributed by atoms with van der Waals surface area (Å²) in [5.74, 6) is -1.54. The quantitative estimate of drug-likeness (QED) is 0.847. The van der Waals surface area contributed by atoms with Gasteiger partial charge < -0.3 is 14.9 Å². The number of hydrogen-bond acceptors (Lipinski definition) is 5. The van der Waals surface area contributed by atoms with Gasteiger partial charge in [0.05, 0.1) is 23.6 Å². The zero-order chi connectivity index (χ0) is 13.1. The van der Waals surface area contributed by atoms with Crippen LogP contribution in [0, 0.1) is 6.92 Å². The number of carbonyl (C=O) groups excluding carboxylic acids is 1. The Balaban J connectivity index is 2.20. The molecule has 0 saturated carbocycles. The summed E-state index contributed by atoms with van der Waals surface area (Å²) in [4.78, 5) is 26.2. The highest BCUT2D eigenvalue weighted by molar-refractivity contribution is 6.03. The van der Waals surface area contributed by atoms with Crippen LogP contribution in [0.15, 0.2) is 29.2 Å². The van der Waals surface area contributed by atoms with Crippen molar-refractivity contribution in [2.45, 2.75) is 6.92 Å². The second-order valence-electron chi connectivity index (χ2n) is 3.56. The lowest BCUT2D eigenvalue weighted by atomic mass is 10.2. The number of carboxylic acid groups (broad SMARTS) is 1. The molecule has 7 heteroatoms. The van der Waals surface area contributed by atoms with Crippen LogP contribution in [-0.2, 0) is 0 Å². The zero-order valence-electron chi connectivity index (χ0n) is 9.38. The number of rotatable bonds is 3. The third kappa shape index (κ3) is 2.34. The molecule has 7 nitrogen and oxygen atoms in total. The van der Waals surface area contributed by atoms with Crippen molar-refractivity contribution in [1.29, 1.82) is 0 Å². The molecule has 2 heterocycles. The minimum atomic E-state index is -1.12. The van der Waals surface area contributed by atoms with Gasteiger partial charge in [0.1, 0.15) is 0 Å². The minimum Gasteiger partial charge on any atom is -0.478 e. The Kier molecular flexibility index (Phi) is 3.05. The normalized spacial score (nSPS) is 10.1. The number of anilines is 1. The maximum atomic E-state index is 11.8. The first-order valence-corrected chi connectivity index (χ1v) is 4.99. The van der Waals surface area contributed by atoms with Crippen LogP contribution in [0.1, 0.15) is 26.5 Å². The van der Waals surface area contributed by atoms with Gasteiger partial charge in [-0.15, -0.1) is 0 Å². The fraction of sp³-hybridized carbons (Fsp3) is 0.0909. The Hall–Kier alpha value is -2.70. The second-order valence-corrected chi connectivity index (χ2v) is 3.56. The average molecular weight is 247 g/mol. The van der Waals surface area contributed by atoms with Crippen LogP contribution in [-0.4, -0.2) is 27.1 Å². The number of aromatic nitrogens is 2. The standard InChI is InChI=1S/C11H9N3O4/c1-6-3-13-18-9(6)10(15)14-8-2-7(11(16)17)4-12-5-8/h2-5H,1H3,(H,14,15)(H,16,17). The molecule has 0 aliphatic carbocycles. The van der Waals surface area contributed by atoms with Gasteiger partial charge in [-0.2, -0.15) is 0 Å². The summed E-state index contributed by atoms with van der Waals surface area (Å²) in [5.41, 5.74) is 0.854. The number of pyridine rings is 1. The molecule has 0 aliphatic rings. The van der Waals surface area contributed by atoms with Gasteiger partial charge in [-0.3, -0.25) is 9.78 Å². The van der Waals surface area contributed by atoms with Crippen molar-refractivity contribution in [2.24, 2.45) is 0 Å². The molecule has 0 spiro atoms. The number of amides is 1. The van der Waals surface area contributed by atoms with Crippen molar-refractivity contribution >= 4 is 17.6 Å². The first kappa shape index (κ1) is 11.8. The minimum absolute atomic E-state index is 0.0120. The number of aryl methyl sites for hydroxylation is 1. The first-order valence-electron chi connectivity index (χ1n) is 4.99. The summed E-state index contributed by atoms with van der Waals surface area (Å²) >= 11 is 0. The van der Waals surface area contributed by atoms with Crippen LogP contribution in [0.25, 0.3) is 0 Å². The molecular weight excluding hydrogens is 238 g/mol. The van der Waals surface area contributed by atoms with E-state index < -0.39 is 11.9 Å². The molecule has 0 saturated heterocycles. The van der Waals surface area contributed by atoms with Gasteiger partial charge in [0, 0.05) is 11.8 Å². The Labute approximate surface area is 101 Å². The molecule has 0 bridgehead atoms. The molecule has 2 aromatic rings. The number of nitrogens with zero attached hydrogens (tertiary/aromatic N) is 2. The van der Waals surface area contributed by atoms with E-state index in [-0.39, 0.29) is 17.0 Å². The smallest absolute Gasteiger partial charge is 0.337 e. The van der Waals surface area contributed by atoms with Crippen molar-refractivity contribution in [3.05, 3.63) is 41.5 Å². The Bertz CT molecular complexity index is 606. The summed E-state index contributed by atoms with van der Waals surface area (Å²) in [6.45, 7) is 1.68. The predicted octanol–water partition coefficient (Wildman–Crippen LogP) is 1.33. The average Bonchev–Trinajstić information content (AvgIpc) is 2.76. The third-order valence-electron chi connectivity index (χ3n) is 2.20. The summed E-state index contributed by atoms with van der Waals surface area (Å²) in [5, 5.41) is 14.8. The molecule has 1 amide bonds. The van der Waals surface area contributed by atoms with Gasteiger partial charge in [-0.05, 0) is 13.0 Å². The van der Waals surface area contributed by atoms with Gasteiger partial charge in [0.25, 0.3) is 5.91 Å². The molecule has 0 aromatic carbocycles. The van der Waals surface area contributed by atoms with E-state index in [4.69, 9.17) is 9.63 Å². The van der Waals surface area contributed by atoms with Gasteiger partial charge in [0.2, 0.25) is 5.76 Å². The van der Waals surface area contributed by atoms with Crippen molar-refractivity contribution in [3.8, 4) is 0 Å². The number of aromatic carboxylic acids is 1. The molecule has 18 heavy (non-hydrogen) atoms. The van der Waals surface area contributed by atoms with E-state index in [2.05, 4.69) is 15.5 Å². The number of nitrogens with one attached hydrogen (secondary N) is 1. The Morgan fingerprint density at radius 3 is 2.72 bits per heavy atom. The lowest BCUT2D eigenvalue weighted by molar-refractivity contribution is 0.0696. The largest absolute Gasteiger partial charge is 0.478 e. The number of hydrogen-bond donors (Lipinski definition) is 2. The van der Waals surface area contributed by atoms with Crippen LogP contribution in [0.2, 0.25) is 0 Å². The van der Waals surface area contributed by atoms with E-state index >= 15 is 0 Å². The molecule has 92 valence electrons. The molecule has 0 aliphatic heterocycles. The zero-order valence-corrected chi connectivity index (χ0v) is 9.38. The SMILES string of the molecule is Cc1cnoc1C(=O)Nc1cncc(C(=O)O)c1. The van der Waals surface area contributed by atoms with Crippen LogP contribution in [0.3, 0.4) is 0 Å². The third-order valence-corrected chi connectivity index (χ3v) is 2.20. The van der Waals surface area contributed by atoms with E-state index in [9.17, 15) is 9.59 Å². The number of carbonyl (C=O) groups is 2. The van der Waals surface area contributed by atoms with Crippen molar-refractivity contribution in [1.82, 2.24) is 10.1 Å². The van der Waals surface area contributed by atoms with Crippen LogP contribution in [0.4, 0.5) is 5.69 Å². The molecular formula is C11H9N3O4. The summed E-state index contributed by atoms with van der Waals surface area (Å²) in [7, 11) is 0. The van der Waals surface area contributed by atoms with Crippen LogP contribution in [0.5, 0.6) is 0 Å². The highest BCUT2D eigenvalue weighted by Gasteiger charge is 2.15. The van der Waals surface area contributed by atoms with E-state index in [1.807, 2.05) is 0 Å². The summed E-state index contributed by atoms with van der Waals surface area (Å²) in [6, 6.07) is 1.30. The first-order chi connectivity index (χ1) is 8.58. The van der Waals surface area contributed by atoms with E-state index in [1.165, 1.54) is 24.7 Å². The lowest BCUT2D eigenvalue weighted by Gasteiger charge is -2.03. The molecule has 0 atom stereocenters. The second kappa shape index (κ2) is 4.66. The van der Waals surface area contributed by atoms with Crippen LogP contribution < -0.4 is 5.32 Å². The molecule has 0 fully saturated rings. The maximum absolute atomic E-state index is 11.8.